The zero-order valence-electron chi connectivity index (χ0n) is 16.3. The van der Waals surface area contributed by atoms with Crippen LogP contribution in [0.4, 0.5) is 0 Å². The summed E-state index contributed by atoms with van der Waals surface area (Å²) < 4.78 is 16.6. The Morgan fingerprint density at radius 1 is 1.00 bits per heavy atom. The quantitative estimate of drug-likeness (QED) is 0.591. The maximum atomic E-state index is 12.3. The van der Waals surface area contributed by atoms with E-state index in [1.807, 2.05) is 24.3 Å². The van der Waals surface area contributed by atoms with Gasteiger partial charge in [-0.25, -0.2) is 9.59 Å². The number of cyclic esters (lactones) is 1. The van der Waals surface area contributed by atoms with Gasteiger partial charge in [-0.1, -0.05) is 55.5 Å². The zero-order chi connectivity index (χ0) is 20.5. The Kier molecular flexibility index (Phi) is 7.36. The highest BCUT2D eigenvalue weighted by atomic mass is 16.6. The van der Waals surface area contributed by atoms with Crippen molar-refractivity contribution >= 4 is 11.9 Å². The molecular formula is C24H24O5. The zero-order valence-corrected chi connectivity index (χ0v) is 16.3. The van der Waals surface area contributed by atoms with Gasteiger partial charge in [0.05, 0.1) is 12.2 Å². The lowest BCUT2D eigenvalue weighted by molar-refractivity contribution is -0.132. The Morgan fingerprint density at radius 2 is 1.69 bits per heavy atom. The largest absolute Gasteiger partial charge is 0.459 e. The fraction of sp³-hybridized carbons (Fsp3) is 0.250. The maximum absolute atomic E-state index is 12.3. The molecule has 0 spiro atoms. The van der Waals surface area contributed by atoms with E-state index in [1.54, 1.807) is 36.4 Å². The third kappa shape index (κ3) is 6.16. The van der Waals surface area contributed by atoms with Gasteiger partial charge in [0.1, 0.15) is 18.5 Å². The minimum atomic E-state index is -0.536. The van der Waals surface area contributed by atoms with E-state index in [2.05, 4.69) is 19.1 Å². The summed E-state index contributed by atoms with van der Waals surface area (Å²) in [5.74, 6) is -0.245. The lowest BCUT2D eigenvalue weighted by atomic mass is 9.97. The summed E-state index contributed by atoms with van der Waals surface area (Å²) in [6.07, 6.45) is 4.96. The fourth-order valence-corrected chi connectivity index (χ4v) is 2.98. The van der Waals surface area contributed by atoms with Crippen molar-refractivity contribution < 1.29 is 23.8 Å². The van der Waals surface area contributed by atoms with Gasteiger partial charge in [0, 0.05) is 12.0 Å². The molecule has 0 fully saturated rings. The number of esters is 2. The molecule has 0 radical (unpaired) electrons. The third-order valence-electron chi connectivity index (χ3n) is 4.62. The number of hydrogen-bond acceptors (Lipinski definition) is 5. The first-order valence-corrected chi connectivity index (χ1v) is 9.66. The standard InChI is InChI=1S/C24H24O5/c1-2-18(19-9-5-3-6-10-19)16-27-22(15-21-13-14-23(25)29-21)17-28-24(26)20-11-7-4-8-12-20/h3-15,18,22H,2,16-17H2,1H3. The monoisotopic (exact) mass is 392 g/mol. The normalized spacial score (nSPS) is 16.4. The molecular weight excluding hydrogens is 368 g/mol. The molecule has 0 saturated carbocycles. The number of benzene rings is 2. The van der Waals surface area contributed by atoms with E-state index < -0.39 is 18.0 Å². The summed E-state index contributed by atoms with van der Waals surface area (Å²) >= 11 is 0. The van der Waals surface area contributed by atoms with E-state index in [0.29, 0.717) is 17.9 Å². The molecule has 0 saturated heterocycles. The molecule has 0 N–H and O–H groups in total. The topological polar surface area (TPSA) is 61.8 Å². The number of ether oxygens (including phenoxy) is 3. The van der Waals surface area contributed by atoms with Gasteiger partial charge < -0.3 is 14.2 Å². The highest BCUT2D eigenvalue weighted by Crippen LogP contribution is 2.21. The van der Waals surface area contributed by atoms with Gasteiger partial charge in [-0.05, 0) is 36.3 Å². The third-order valence-corrected chi connectivity index (χ3v) is 4.62. The van der Waals surface area contributed by atoms with Crippen LogP contribution in [0.25, 0.3) is 0 Å². The summed E-state index contributed by atoms with van der Waals surface area (Å²) in [5.41, 5.74) is 1.66. The number of hydrogen-bond donors (Lipinski definition) is 0. The van der Waals surface area contributed by atoms with Crippen molar-refractivity contribution in [2.75, 3.05) is 13.2 Å². The molecule has 1 aliphatic rings. The van der Waals surface area contributed by atoms with E-state index in [9.17, 15) is 9.59 Å². The predicted molar refractivity (Wildman–Crippen MR) is 109 cm³/mol. The Morgan fingerprint density at radius 3 is 2.31 bits per heavy atom. The van der Waals surface area contributed by atoms with Gasteiger partial charge in [0.25, 0.3) is 0 Å². The summed E-state index contributed by atoms with van der Waals surface area (Å²) in [5, 5.41) is 0. The van der Waals surface area contributed by atoms with Crippen molar-refractivity contribution in [1.29, 1.82) is 0 Å². The molecule has 2 aromatic rings. The first kappa shape index (κ1) is 20.6. The van der Waals surface area contributed by atoms with Crippen molar-refractivity contribution in [3.8, 4) is 0 Å². The smallest absolute Gasteiger partial charge is 0.338 e. The van der Waals surface area contributed by atoms with Crippen LogP contribution in [0.5, 0.6) is 0 Å². The van der Waals surface area contributed by atoms with E-state index in [-0.39, 0.29) is 12.5 Å². The van der Waals surface area contributed by atoms with E-state index >= 15 is 0 Å². The van der Waals surface area contributed by atoms with E-state index in [4.69, 9.17) is 14.2 Å². The lowest BCUT2D eigenvalue weighted by Gasteiger charge is -2.20. The van der Waals surface area contributed by atoms with Crippen LogP contribution in [0.3, 0.4) is 0 Å². The minimum Gasteiger partial charge on any atom is -0.459 e. The highest BCUT2D eigenvalue weighted by molar-refractivity contribution is 5.89. The molecule has 0 amide bonds. The number of carbonyl (C=O) groups is 2. The van der Waals surface area contributed by atoms with Crippen molar-refractivity contribution in [3.05, 3.63) is 95.8 Å². The molecule has 0 aliphatic carbocycles. The summed E-state index contributed by atoms with van der Waals surface area (Å²) in [4.78, 5) is 23.6. The highest BCUT2D eigenvalue weighted by Gasteiger charge is 2.18. The van der Waals surface area contributed by atoms with E-state index in [1.165, 1.54) is 11.6 Å². The number of allylic oxidation sites excluding steroid dienone is 1. The Bertz CT molecular complexity index is 871. The number of rotatable bonds is 9. The molecule has 0 bridgehead atoms. The first-order chi connectivity index (χ1) is 14.2. The molecule has 0 aromatic heterocycles. The van der Waals surface area contributed by atoms with Gasteiger partial charge in [0.2, 0.25) is 0 Å². The molecule has 150 valence electrons. The van der Waals surface area contributed by atoms with Crippen molar-refractivity contribution in [2.24, 2.45) is 0 Å². The van der Waals surface area contributed by atoms with Crippen LogP contribution in [0, 0.1) is 0 Å². The van der Waals surface area contributed by atoms with Crippen LogP contribution in [0.15, 0.2) is 84.7 Å². The lowest BCUT2D eigenvalue weighted by Crippen LogP contribution is -2.23. The molecule has 3 rings (SSSR count). The van der Waals surface area contributed by atoms with Crippen LogP contribution in [0.1, 0.15) is 35.2 Å². The van der Waals surface area contributed by atoms with Crippen LogP contribution in [-0.4, -0.2) is 31.3 Å². The van der Waals surface area contributed by atoms with Crippen LogP contribution >= 0.6 is 0 Å². The van der Waals surface area contributed by atoms with Crippen molar-refractivity contribution in [3.63, 3.8) is 0 Å². The Labute approximate surface area is 170 Å². The van der Waals surface area contributed by atoms with Gasteiger partial charge >= 0.3 is 11.9 Å². The molecule has 29 heavy (non-hydrogen) atoms. The minimum absolute atomic E-state index is 0.0217. The SMILES string of the molecule is CCC(COC(C=C1C=CC(=O)O1)COC(=O)c1ccccc1)c1ccccc1. The Hall–Kier alpha value is -3.18. The van der Waals surface area contributed by atoms with E-state index in [0.717, 1.165) is 6.42 Å². The second-order valence-corrected chi connectivity index (χ2v) is 6.68. The Balaban J connectivity index is 1.65. The molecule has 2 unspecified atom stereocenters. The van der Waals surface area contributed by atoms with Gasteiger partial charge in [-0.15, -0.1) is 0 Å². The second kappa shape index (κ2) is 10.4. The molecule has 2 aromatic carbocycles. The molecule has 5 heteroatoms. The van der Waals surface area contributed by atoms with Crippen LogP contribution < -0.4 is 0 Å². The molecule has 1 heterocycles. The average Bonchev–Trinajstić information content (AvgIpc) is 3.18. The van der Waals surface area contributed by atoms with Crippen molar-refractivity contribution in [1.82, 2.24) is 0 Å². The summed E-state index contributed by atoms with van der Waals surface area (Å²) in [6, 6.07) is 18.9. The average molecular weight is 392 g/mol. The first-order valence-electron chi connectivity index (χ1n) is 9.66. The predicted octanol–water partition coefficient (Wildman–Crippen LogP) is 4.42. The summed E-state index contributed by atoms with van der Waals surface area (Å²) in [7, 11) is 0. The molecule has 1 aliphatic heterocycles. The molecule has 2 atom stereocenters. The molecule has 5 nitrogen and oxygen atoms in total. The van der Waals surface area contributed by atoms with Gasteiger partial charge in [0.15, 0.2) is 0 Å². The maximum Gasteiger partial charge on any atom is 0.338 e. The van der Waals surface area contributed by atoms with Crippen molar-refractivity contribution in [2.45, 2.75) is 25.4 Å². The van der Waals surface area contributed by atoms with Gasteiger partial charge in [-0.3, -0.25) is 0 Å². The number of carbonyl (C=O) groups excluding carboxylic acids is 2. The summed E-state index contributed by atoms with van der Waals surface area (Å²) in [6.45, 7) is 2.58. The van der Waals surface area contributed by atoms with Gasteiger partial charge in [-0.2, -0.15) is 0 Å². The fourth-order valence-electron chi connectivity index (χ4n) is 2.98. The van der Waals surface area contributed by atoms with Crippen LogP contribution in [-0.2, 0) is 19.0 Å². The second-order valence-electron chi connectivity index (χ2n) is 6.68. The van der Waals surface area contributed by atoms with Crippen LogP contribution in [0.2, 0.25) is 0 Å².